The van der Waals surface area contributed by atoms with E-state index in [9.17, 15) is 23.2 Å². The molecule has 1 aliphatic rings. The summed E-state index contributed by atoms with van der Waals surface area (Å²) in [6.45, 7) is -0.700. The van der Waals surface area contributed by atoms with Gasteiger partial charge in [-0.1, -0.05) is 12.1 Å². The fourth-order valence-corrected chi connectivity index (χ4v) is 3.49. The Balaban J connectivity index is 1.55. The van der Waals surface area contributed by atoms with Crippen LogP contribution >= 0.6 is 0 Å². The molecule has 32 heavy (non-hydrogen) atoms. The van der Waals surface area contributed by atoms with Crippen LogP contribution in [0.1, 0.15) is 11.1 Å². The SMILES string of the molecule is N#Cc1ccc(CNC2CN(c3cc(-c4c[nH]c(=O)[nH]c4=O)n[nH]c3=O)CC2(F)F)cc1. The van der Waals surface area contributed by atoms with Crippen LogP contribution in [-0.4, -0.2) is 45.2 Å². The van der Waals surface area contributed by atoms with Crippen molar-refractivity contribution in [3.05, 3.63) is 78.8 Å². The molecule has 0 amide bonds. The van der Waals surface area contributed by atoms with Crippen molar-refractivity contribution in [3.8, 4) is 17.3 Å². The fourth-order valence-electron chi connectivity index (χ4n) is 3.49. The molecule has 1 saturated heterocycles. The van der Waals surface area contributed by atoms with Gasteiger partial charge in [-0.3, -0.25) is 14.6 Å². The summed E-state index contributed by atoms with van der Waals surface area (Å²) in [4.78, 5) is 41.1. The second-order valence-electron chi connectivity index (χ2n) is 7.34. The van der Waals surface area contributed by atoms with E-state index >= 15 is 0 Å². The molecule has 0 radical (unpaired) electrons. The van der Waals surface area contributed by atoms with Gasteiger partial charge in [-0.2, -0.15) is 10.4 Å². The predicted molar refractivity (Wildman–Crippen MR) is 110 cm³/mol. The molecule has 3 aromatic rings. The number of hydrogen-bond acceptors (Lipinski definition) is 7. The van der Waals surface area contributed by atoms with Gasteiger partial charge in [-0.15, -0.1) is 0 Å². The molecule has 0 spiro atoms. The van der Waals surface area contributed by atoms with Gasteiger partial charge in [0.25, 0.3) is 17.0 Å². The molecule has 10 nitrogen and oxygen atoms in total. The van der Waals surface area contributed by atoms with E-state index in [4.69, 9.17) is 5.26 Å². The summed E-state index contributed by atoms with van der Waals surface area (Å²) in [7, 11) is 0. The molecule has 4 N–H and O–H groups in total. The fraction of sp³-hybridized carbons (Fsp3) is 0.250. The average Bonchev–Trinajstić information content (AvgIpc) is 3.07. The number of benzene rings is 1. The zero-order chi connectivity index (χ0) is 22.9. The zero-order valence-electron chi connectivity index (χ0n) is 16.5. The molecule has 1 atom stereocenters. The first-order chi connectivity index (χ1) is 15.3. The average molecular weight is 441 g/mol. The number of aromatic amines is 3. The lowest BCUT2D eigenvalue weighted by Gasteiger charge is -2.18. The highest BCUT2D eigenvalue weighted by Crippen LogP contribution is 2.31. The largest absolute Gasteiger partial charge is 0.359 e. The molecular weight excluding hydrogens is 424 g/mol. The predicted octanol–water partition coefficient (Wildman–Crippen LogP) is 0.299. The van der Waals surface area contributed by atoms with E-state index in [1.54, 1.807) is 24.3 Å². The first-order valence-corrected chi connectivity index (χ1v) is 9.54. The monoisotopic (exact) mass is 441 g/mol. The van der Waals surface area contributed by atoms with E-state index in [0.717, 1.165) is 11.8 Å². The lowest BCUT2D eigenvalue weighted by molar-refractivity contribution is -0.00250. The van der Waals surface area contributed by atoms with Gasteiger partial charge in [0.15, 0.2) is 0 Å². The van der Waals surface area contributed by atoms with E-state index in [1.807, 2.05) is 11.1 Å². The molecule has 164 valence electrons. The minimum absolute atomic E-state index is 0.0226. The molecule has 0 bridgehead atoms. The van der Waals surface area contributed by atoms with E-state index in [-0.39, 0.29) is 30.0 Å². The molecular formula is C20H17F2N7O3. The van der Waals surface area contributed by atoms with Crippen LogP contribution in [0.25, 0.3) is 11.3 Å². The summed E-state index contributed by atoms with van der Waals surface area (Å²) in [6, 6.07) is 8.56. The second-order valence-corrected chi connectivity index (χ2v) is 7.34. The van der Waals surface area contributed by atoms with Crippen molar-refractivity contribution >= 4 is 5.69 Å². The summed E-state index contributed by atoms with van der Waals surface area (Å²) in [5.41, 5.74) is -0.981. The number of aromatic nitrogens is 4. The first-order valence-electron chi connectivity index (χ1n) is 9.54. The van der Waals surface area contributed by atoms with Crippen molar-refractivity contribution in [2.75, 3.05) is 18.0 Å². The van der Waals surface area contributed by atoms with E-state index in [2.05, 4.69) is 20.5 Å². The van der Waals surface area contributed by atoms with Crippen molar-refractivity contribution in [2.24, 2.45) is 0 Å². The molecule has 12 heteroatoms. The Kier molecular flexibility index (Phi) is 5.41. The van der Waals surface area contributed by atoms with Crippen molar-refractivity contribution in [1.82, 2.24) is 25.5 Å². The maximum absolute atomic E-state index is 14.7. The normalized spacial score (nSPS) is 17.3. The van der Waals surface area contributed by atoms with Crippen LogP contribution in [0.4, 0.5) is 14.5 Å². The number of H-pyrrole nitrogens is 3. The smallest absolute Gasteiger partial charge is 0.325 e. The number of nitrogens with zero attached hydrogens (tertiary/aromatic N) is 3. The quantitative estimate of drug-likeness (QED) is 0.445. The van der Waals surface area contributed by atoms with Crippen molar-refractivity contribution in [2.45, 2.75) is 18.5 Å². The molecule has 1 fully saturated rings. The van der Waals surface area contributed by atoms with Gasteiger partial charge in [-0.05, 0) is 23.8 Å². The highest BCUT2D eigenvalue weighted by atomic mass is 19.3. The third-order valence-electron chi connectivity index (χ3n) is 5.17. The van der Waals surface area contributed by atoms with Gasteiger partial charge in [-0.25, -0.2) is 18.7 Å². The topological polar surface area (TPSA) is 151 Å². The molecule has 2 aromatic heterocycles. The van der Waals surface area contributed by atoms with Crippen LogP contribution in [0.3, 0.4) is 0 Å². The van der Waals surface area contributed by atoms with Gasteiger partial charge < -0.3 is 15.2 Å². The van der Waals surface area contributed by atoms with Crippen LogP contribution in [0.5, 0.6) is 0 Å². The molecule has 0 aliphatic carbocycles. The number of alkyl halides is 2. The Morgan fingerprint density at radius 3 is 2.66 bits per heavy atom. The van der Waals surface area contributed by atoms with Gasteiger partial charge in [0.1, 0.15) is 5.69 Å². The van der Waals surface area contributed by atoms with E-state index in [1.165, 1.54) is 11.0 Å². The van der Waals surface area contributed by atoms with Crippen molar-refractivity contribution in [3.63, 3.8) is 0 Å². The van der Waals surface area contributed by atoms with E-state index < -0.39 is 35.3 Å². The lowest BCUT2D eigenvalue weighted by atomic mass is 10.1. The van der Waals surface area contributed by atoms with Crippen LogP contribution < -0.4 is 27.0 Å². The molecule has 1 unspecified atom stereocenters. The van der Waals surface area contributed by atoms with Gasteiger partial charge in [0.05, 0.1) is 35.5 Å². The number of rotatable bonds is 5. The number of halogens is 2. The minimum Gasteiger partial charge on any atom is -0.359 e. The number of hydrogen-bond donors (Lipinski definition) is 4. The Morgan fingerprint density at radius 2 is 1.97 bits per heavy atom. The van der Waals surface area contributed by atoms with Gasteiger partial charge in [0, 0.05) is 19.3 Å². The Labute approximate surface area is 178 Å². The van der Waals surface area contributed by atoms with Crippen LogP contribution in [0.15, 0.2) is 50.9 Å². The molecule has 4 rings (SSSR count). The van der Waals surface area contributed by atoms with Crippen LogP contribution in [-0.2, 0) is 6.54 Å². The van der Waals surface area contributed by atoms with Gasteiger partial charge >= 0.3 is 5.69 Å². The maximum Gasteiger partial charge on any atom is 0.325 e. The van der Waals surface area contributed by atoms with Crippen LogP contribution in [0, 0.1) is 11.3 Å². The Morgan fingerprint density at radius 1 is 1.22 bits per heavy atom. The summed E-state index contributed by atoms with van der Waals surface area (Å²) in [6.07, 6.45) is 1.13. The lowest BCUT2D eigenvalue weighted by Crippen LogP contribution is -2.43. The van der Waals surface area contributed by atoms with Gasteiger partial charge in [0.2, 0.25) is 0 Å². The summed E-state index contributed by atoms with van der Waals surface area (Å²) in [5, 5.41) is 17.6. The third kappa shape index (κ3) is 4.19. The second kappa shape index (κ2) is 8.20. The summed E-state index contributed by atoms with van der Waals surface area (Å²) < 4.78 is 29.3. The highest BCUT2D eigenvalue weighted by molar-refractivity contribution is 5.62. The third-order valence-corrected chi connectivity index (χ3v) is 5.17. The summed E-state index contributed by atoms with van der Waals surface area (Å²) >= 11 is 0. The van der Waals surface area contributed by atoms with Crippen molar-refractivity contribution < 1.29 is 8.78 Å². The molecule has 3 heterocycles. The maximum atomic E-state index is 14.7. The highest BCUT2D eigenvalue weighted by Gasteiger charge is 2.48. The first kappa shape index (κ1) is 21.1. The Bertz CT molecular complexity index is 1360. The standard InChI is InChI=1S/C20H17F2N7O3/c21-20(22)10-29(9-16(20)24-7-12-3-1-11(6-23)2-4-12)15-5-14(27-28-18(15)31)13-8-25-19(32)26-17(13)30/h1-5,8,16,24H,7,9-10H2,(H,28,31)(H2,25,26,30,32). The molecule has 0 saturated carbocycles. The minimum atomic E-state index is -3.13. The zero-order valence-corrected chi connectivity index (χ0v) is 16.5. The van der Waals surface area contributed by atoms with Crippen molar-refractivity contribution in [1.29, 1.82) is 5.26 Å². The number of nitrogens with one attached hydrogen (secondary N) is 4. The van der Waals surface area contributed by atoms with E-state index in [0.29, 0.717) is 5.56 Å². The number of nitriles is 1. The van der Waals surface area contributed by atoms with Crippen LogP contribution in [0.2, 0.25) is 0 Å². The number of anilines is 1. The molecule has 1 aromatic carbocycles. The Hall–Kier alpha value is -4.11. The summed E-state index contributed by atoms with van der Waals surface area (Å²) in [5.74, 6) is -3.13. The molecule has 1 aliphatic heterocycles.